The molecule has 10 nitrogen and oxygen atoms in total. The minimum absolute atomic E-state index is 0.0163. The number of alkyl halides is 1. The molecule has 0 spiro atoms. The number of likely N-dealkylation sites (N-methyl/N-ethyl adjacent to an activating group) is 1. The van der Waals surface area contributed by atoms with Crippen LogP contribution in [-0.4, -0.2) is 124 Å². The largest absolute Gasteiger partial charge is 0.462 e. The van der Waals surface area contributed by atoms with Gasteiger partial charge in [0.15, 0.2) is 12.1 Å². The van der Waals surface area contributed by atoms with Crippen molar-refractivity contribution in [1.29, 1.82) is 0 Å². The minimum Gasteiger partial charge on any atom is -0.462 e. The van der Waals surface area contributed by atoms with Crippen molar-refractivity contribution in [3.8, 4) is 0 Å². The van der Waals surface area contributed by atoms with Crippen LogP contribution in [0.1, 0.15) is 79.6 Å². The Labute approximate surface area is 296 Å². The average molecular weight is 777 g/mol. The molecule has 2 saturated heterocycles. The van der Waals surface area contributed by atoms with Gasteiger partial charge >= 0.3 is 5.97 Å². The van der Waals surface area contributed by atoms with Crippen molar-refractivity contribution >= 4 is 34.3 Å². The maximum absolute atomic E-state index is 13.5. The lowest BCUT2D eigenvalue weighted by Gasteiger charge is -2.47. The van der Waals surface area contributed by atoms with Crippen LogP contribution in [0.4, 0.5) is 0 Å². The Morgan fingerprint density at radius 2 is 1.72 bits per heavy atom. The zero-order chi connectivity index (χ0) is 34.8. The molecule has 47 heavy (non-hydrogen) atoms. The summed E-state index contributed by atoms with van der Waals surface area (Å²) in [6.07, 6.45) is 4.81. The molecule has 11 heteroatoms. The van der Waals surface area contributed by atoms with Crippen molar-refractivity contribution in [2.45, 2.75) is 129 Å². The standard InChI is InChI=1S/C36H61IN2O8/c1-8-30-27(21-37)18-22(2)12-13-28(40)23(3)19-26(14-17-39-15-10-9-11-16-39)35(24(4)29(41)20-31(42)46-30)47-36-34(44)32(38(6)7)33(43)25(5)45-36/h12-13,18,23-27,29-30,32-36,41,43-44H,8-11,14-17,19-21H2,1-7H3. The Morgan fingerprint density at radius 1 is 1.04 bits per heavy atom. The first-order valence-electron chi connectivity index (χ1n) is 17.7. The Hall–Kier alpha value is -0.930. The Morgan fingerprint density at radius 3 is 2.34 bits per heavy atom. The number of aliphatic hydroxyl groups excluding tert-OH is 3. The van der Waals surface area contributed by atoms with Crippen LogP contribution >= 0.6 is 22.6 Å². The fourth-order valence-corrected chi connectivity index (χ4v) is 8.18. The van der Waals surface area contributed by atoms with Gasteiger partial charge in [0.25, 0.3) is 0 Å². The Balaban J connectivity index is 2.02. The Bertz CT molecular complexity index is 1050. The summed E-state index contributed by atoms with van der Waals surface area (Å²) in [6, 6.07) is -0.629. The first-order valence-corrected chi connectivity index (χ1v) is 19.2. The molecule has 0 aromatic heterocycles. The topological polar surface area (TPSA) is 129 Å². The second kappa shape index (κ2) is 19.5. The molecule has 0 radical (unpaired) electrons. The van der Waals surface area contributed by atoms with Gasteiger partial charge in [-0.2, -0.15) is 0 Å². The number of hydrogen-bond acceptors (Lipinski definition) is 10. The van der Waals surface area contributed by atoms with Crippen molar-refractivity contribution in [1.82, 2.24) is 9.80 Å². The van der Waals surface area contributed by atoms with Crippen LogP contribution in [0, 0.1) is 23.7 Å². The van der Waals surface area contributed by atoms with E-state index >= 15 is 0 Å². The molecular weight excluding hydrogens is 715 g/mol. The highest BCUT2D eigenvalue weighted by atomic mass is 127. The highest BCUT2D eigenvalue weighted by Crippen LogP contribution is 2.35. The van der Waals surface area contributed by atoms with Gasteiger partial charge in [0.1, 0.15) is 12.2 Å². The van der Waals surface area contributed by atoms with E-state index in [0.717, 1.165) is 42.5 Å². The number of hydrogen-bond donors (Lipinski definition) is 3. The van der Waals surface area contributed by atoms with Crippen molar-refractivity contribution in [2.75, 3.05) is 38.2 Å². The molecule has 0 aromatic rings. The maximum atomic E-state index is 13.5. The predicted molar refractivity (Wildman–Crippen MR) is 191 cm³/mol. The molecule has 3 aliphatic heterocycles. The molecule has 3 heterocycles. The highest BCUT2D eigenvalue weighted by Gasteiger charge is 2.47. The van der Waals surface area contributed by atoms with Crippen molar-refractivity contribution < 1.29 is 39.1 Å². The molecule has 3 rings (SSSR count). The smallest absolute Gasteiger partial charge is 0.308 e. The van der Waals surface area contributed by atoms with Gasteiger partial charge in [-0.05, 0) is 91.7 Å². The van der Waals surface area contributed by atoms with Crippen LogP contribution in [-0.2, 0) is 23.8 Å². The van der Waals surface area contributed by atoms with E-state index < -0.39 is 54.7 Å². The van der Waals surface area contributed by atoms with E-state index in [0.29, 0.717) is 19.3 Å². The number of carbonyl (C=O) groups is 2. The van der Waals surface area contributed by atoms with E-state index in [1.807, 2.05) is 33.8 Å². The number of halogens is 1. The summed E-state index contributed by atoms with van der Waals surface area (Å²) < 4.78 is 19.5. The van der Waals surface area contributed by atoms with E-state index in [2.05, 4.69) is 33.6 Å². The molecule has 0 amide bonds. The Kier molecular flexibility index (Phi) is 16.8. The number of allylic oxidation sites excluding steroid dienone is 3. The van der Waals surface area contributed by atoms with Crippen LogP contribution in [0.5, 0.6) is 0 Å². The SMILES string of the molecule is CCC1OC(=O)CC(O)C(C)C(OC2OC(C)C(O)C(N(C)C)C2O)C(CCN2CCCCC2)CC(C)C(=O)C=CC(C)=CC1CI. The summed E-state index contributed by atoms with van der Waals surface area (Å²) in [7, 11) is 3.59. The zero-order valence-electron chi connectivity index (χ0n) is 29.6. The summed E-state index contributed by atoms with van der Waals surface area (Å²) in [4.78, 5) is 31.0. The number of ether oxygens (including phenoxy) is 3. The van der Waals surface area contributed by atoms with Crippen LogP contribution in [0.25, 0.3) is 0 Å². The molecule has 0 saturated carbocycles. The van der Waals surface area contributed by atoms with Crippen molar-refractivity contribution in [3.63, 3.8) is 0 Å². The number of cyclic esters (lactones) is 1. The van der Waals surface area contributed by atoms with Gasteiger partial charge < -0.3 is 39.3 Å². The van der Waals surface area contributed by atoms with Crippen molar-refractivity contribution in [2.24, 2.45) is 23.7 Å². The molecule has 12 atom stereocenters. The van der Waals surface area contributed by atoms with E-state index in [-0.39, 0.29) is 36.1 Å². The van der Waals surface area contributed by atoms with Crippen LogP contribution < -0.4 is 0 Å². The van der Waals surface area contributed by atoms with E-state index in [1.54, 1.807) is 32.0 Å². The molecule has 0 aromatic carbocycles. The lowest BCUT2D eigenvalue weighted by molar-refractivity contribution is -0.304. The van der Waals surface area contributed by atoms with Gasteiger partial charge in [-0.25, -0.2) is 0 Å². The molecule has 3 N–H and O–H groups in total. The van der Waals surface area contributed by atoms with Crippen molar-refractivity contribution in [3.05, 3.63) is 23.8 Å². The van der Waals surface area contributed by atoms with Gasteiger partial charge in [-0.1, -0.05) is 67.5 Å². The summed E-state index contributed by atoms with van der Waals surface area (Å²) in [5.41, 5.74) is 0.931. The molecule has 2 fully saturated rings. The number of rotatable bonds is 8. The predicted octanol–water partition coefficient (Wildman–Crippen LogP) is 4.13. The number of likely N-dealkylation sites (tertiary alicyclic amines) is 1. The number of esters is 1. The quantitative estimate of drug-likeness (QED) is 0.188. The summed E-state index contributed by atoms with van der Waals surface area (Å²) in [5.74, 6) is -1.57. The van der Waals surface area contributed by atoms with Gasteiger partial charge in [0.2, 0.25) is 0 Å². The molecule has 0 bridgehead atoms. The molecule has 12 unspecified atom stereocenters. The summed E-state index contributed by atoms with van der Waals surface area (Å²) in [5, 5.41) is 33.9. The average Bonchev–Trinajstić information content (AvgIpc) is 3.04. The summed E-state index contributed by atoms with van der Waals surface area (Å²) >= 11 is 2.29. The van der Waals surface area contributed by atoms with Gasteiger partial charge in [-0.3, -0.25) is 9.59 Å². The fraction of sp³-hybridized carbons (Fsp3) is 0.833. The number of carbonyl (C=O) groups excluding carboxylic acids is 2. The third-order valence-electron chi connectivity index (χ3n) is 10.4. The highest BCUT2D eigenvalue weighted by molar-refractivity contribution is 14.1. The summed E-state index contributed by atoms with van der Waals surface area (Å²) in [6.45, 7) is 12.3. The molecular formula is C36H61IN2O8. The van der Waals surface area contributed by atoms with E-state index in [4.69, 9.17) is 14.2 Å². The lowest BCUT2D eigenvalue weighted by Crippen LogP contribution is -2.63. The second-order valence-corrected chi connectivity index (χ2v) is 15.2. The van der Waals surface area contributed by atoms with E-state index in [9.17, 15) is 24.9 Å². The second-order valence-electron chi connectivity index (χ2n) is 14.4. The third-order valence-corrected chi connectivity index (χ3v) is 11.4. The van der Waals surface area contributed by atoms with Gasteiger partial charge in [0.05, 0.1) is 36.9 Å². The van der Waals surface area contributed by atoms with Gasteiger partial charge in [0, 0.05) is 22.2 Å². The number of ketones is 1. The molecule has 3 aliphatic rings. The number of aliphatic hydroxyl groups is 3. The monoisotopic (exact) mass is 776 g/mol. The third kappa shape index (κ3) is 11.6. The fourth-order valence-electron chi connectivity index (χ4n) is 7.36. The molecule has 0 aliphatic carbocycles. The first-order chi connectivity index (χ1) is 22.3. The molecule has 270 valence electrons. The minimum atomic E-state index is -1.17. The van der Waals surface area contributed by atoms with Crippen LogP contribution in [0.3, 0.4) is 0 Å². The van der Waals surface area contributed by atoms with Gasteiger partial charge in [-0.15, -0.1) is 0 Å². The van der Waals surface area contributed by atoms with Crippen LogP contribution in [0.15, 0.2) is 23.8 Å². The number of piperidine rings is 1. The zero-order valence-corrected chi connectivity index (χ0v) is 31.8. The normalized spacial score (nSPS) is 39.1. The van der Waals surface area contributed by atoms with E-state index in [1.165, 1.54) is 6.42 Å². The lowest BCUT2D eigenvalue weighted by atomic mass is 9.79. The van der Waals surface area contributed by atoms with Crippen LogP contribution in [0.2, 0.25) is 0 Å². The first kappa shape index (κ1) is 40.5. The number of nitrogens with zero attached hydrogens (tertiary/aromatic N) is 2. The maximum Gasteiger partial charge on any atom is 0.308 e.